The van der Waals surface area contributed by atoms with Gasteiger partial charge in [0.2, 0.25) is 5.88 Å². The average molecular weight is 885 g/mol. The molecule has 2 aromatic rings. The van der Waals surface area contributed by atoms with Crippen LogP contribution in [0.1, 0.15) is 123 Å². The molecule has 6 aliphatic carbocycles. The number of pyridine rings is 1. The first-order valence-electron chi connectivity index (χ1n) is 25.0. The standard InChI is InChI=1S/C56H76N4O3S/c1-38(2)43-19-25-56(58-28-29-60-30-32-64-33-31-60)27-26-53(6)45(49(43)56)16-17-47-52(5)22-20-44(51(3,4)46(52)21-23-54(47,53)7)40-18-24-55(50(61)62,37-63-48-15-11-14-42(36-57)59-48)41(35-40)34-39-12-9-8-10-13-39/h8-15,20,35,41,43,45-47,49,58H,1,16-19,21-34,37H2,2-7H3,(H,61,62)/t41?,43-,45+,46-,47+,49+,52-,53+,54+,55?,56-/m0/s1. The minimum atomic E-state index is -1.14. The molecule has 1 saturated heterocycles. The van der Waals surface area contributed by atoms with Crippen LogP contribution in [0.4, 0.5) is 0 Å². The predicted octanol–water partition coefficient (Wildman–Crippen LogP) is 11.6. The number of aromatic nitrogens is 1. The van der Waals surface area contributed by atoms with Gasteiger partial charge in [0.05, 0.1) is 0 Å². The molecule has 5 fully saturated rings. The van der Waals surface area contributed by atoms with Crippen molar-refractivity contribution in [2.24, 2.45) is 62.6 Å². The number of hydrogen-bond acceptors (Lipinski definition) is 7. The number of nitrogens with one attached hydrogen (secondary N) is 1. The summed E-state index contributed by atoms with van der Waals surface area (Å²) in [5.74, 6) is 4.94. The number of ether oxygens (including phenoxy) is 1. The summed E-state index contributed by atoms with van der Waals surface area (Å²) in [5.41, 5.74) is 5.39. The lowest BCUT2D eigenvalue weighted by molar-refractivity contribution is -0.221. The van der Waals surface area contributed by atoms with Crippen LogP contribution in [0.15, 0.2) is 84.0 Å². The van der Waals surface area contributed by atoms with Crippen LogP contribution in [0.5, 0.6) is 5.88 Å². The maximum Gasteiger partial charge on any atom is 0.313 e. The van der Waals surface area contributed by atoms with Crippen LogP contribution >= 0.6 is 11.8 Å². The van der Waals surface area contributed by atoms with Gasteiger partial charge in [0, 0.05) is 55.2 Å². The fourth-order valence-electron chi connectivity index (χ4n) is 16.5. The lowest BCUT2D eigenvalue weighted by Gasteiger charge is -2.72. The number of rotatable bonds is 12. The Labute approximate surface area is 389 Å². The van der Waals surface area contributed by atoms with Crippen molar-refractivity contribution in [2.45, 2.75) is 124 Å². The SMILES string of the molecule is C=C(C)[C@@H]1CC[C@]2(NCCN3CCSCC3)CC[C@]3(C)[C@H](CC[C@@H]4[C@@]5(C)CC=C(C6=CC(Cc7ccccc7)C(COc7cccc(C#N)n7)(C(=O)O)CC6)C(C)(C)[C@@H]5CC[C@]43C)[C@@H]12. The zero-order valence-electron chi connectivity index (χ0n) is 39.9. The minimum Gasteiger partial charge on any atom is -0.481 e. The molecule has 4 saturated carbocycles. The highest BCUT2D eigenvalue weighted by atomic mass is 32.2. The molecule has 0 spiro atoms. The lowest BCUT2D eigenvalue weighted by Crippen LogP contribution is -2.68. The van der Waals surface area contributed by atoms with E-state index in [9.17, 15) is 15.2 Å². The molecule has 8 heteroatoms. The molecule has 344 valence electrons. The molecule has 9 rings (SSSR count). The van der Waals surface area contributed by atoms with Crippen LogP contribution < -0.4 is 10.1 Å². The van der Waals surface area contributed by atoms with E-state index in [1.54, 1.807) is 18.2 Å². The molecule has 2 N–H and O–H groups in total. The highest BCUT2D eigenvalue weighted by Gasteiger charge is 2.70. The summed E-state index contributed by atoms with van der Waals surface area (Å²) in [7, 11) is 0. The summed E-state index contributed by atoms with van der Waals surface area (Å²) in [6.45, 7) is 25.0. The van der Waals surface area contributed by atoms with Gasteiger partial charge >= 0.3 is 5.97 Å². The third-order valence-electron chi connectivity index (χ3n) is 20.0. The highest BCUT2D eigenvalue weighted by Crippen LogP contribution is 2.76. The number of carboxylic acid groups (broad SMARTS) is 1. The number of thioether (sulfide) groups is 1. The Bertz CT molecular complexity index is 2190. The summed E-state index contributed by atoms with van der Waals surface area (Å²) in [5, 5.41) is 25.0. The Balaban J connectivity index is 0.995. The van der Waals surface area contributed by atoms with Gasteiger partial charge in [0.25, 0.3) is 0 Å². The number of hydrogen-bond donors (Lipinski definition) is 2. The molecule has 0 bridgehead atoms. The summed E-state index contributed by atoms with van der Waals surface area (Å²) < 4.78 is 6.22. The van der Waals surface area contributed by atoms with E-state index in [-0.39, 0.29) is 40.0 Å². The van der Waals surface area contributed by atoms with Crippen LogP contribution in [0.2, 0.25) is 0 Å². The predicted molar refractivity (Wildman–Crippen MR) is 260 cm³/mol. The molecular weight excluding hydrogens is 809 g/mol. The smallest absolute Gasteiger partial charge is 0.313 e. The molecule has 0 amide bonds. The van der Waals surface area contributed by atoms with E-state index in [0.29, 0.717) is 60.1 Å². The molecule has 7 aliphatic rings. The van der Waals surface area contributed by atoms with Gasteiger partial charge in [0.1, 0.15) is 23.8 Å². The third-order valence-corrected chi connectivity index (χ3v) is 20.9. The number of carbonyl (C=O) groups is 1. The topological polar surface area (TPSA) is 98.5 Å². The van der Waals surface area contributed by atoms with E-state index < -0.39 is 11.4 Å². The van der Waals surface area contributed by atoms with Crippen molar-refractivity contribution in [1.82, 2.24) is 15.2 Å². The van der Waals surface area contributed by atoms with Gasteiger partial charge in [0.15, 0.2) is 0 Å². The van der Waals surface area contributed by atoms with E-state index in [0.717, 1.165) is 18.5 Å². The van der Waals surface area contributed by atoms with E-state index in [1.165, 1.54) is 99.2 Å². The van der Waals surface area contributed by atoms with E-state index >= 15 is 0 Å². The fraction of sp³-hybridized carbons (Fsp3) is 0.661. The summed E-state index contributed by atoms with van der Waals surface area (Å²) in [6.07, 6.45) is 18.3. The van der Waals surface area contributed by atoms with Gasteiger partial charge in [-0.25, -0.2) is 4.98 Å². The number of carboxylic acids is 1. The van der Waals surface area contributed by atoms with Crippen LogP contribution in [-0.4, -0.2) is 70.8 Å². The molecule has 2 unspecified atom stereocenters. The Morgan fingerprint density at radius 3 is 2.47 bits per heavy atom. The monoisotopic (exact) mass is 885 g/mol. The second kappa shape index (κ2) is 17.4. The maximum atomic E-state index is 13.6. The number of benzene rings is 1. The highest BCUT2D eigenvalue weighted by molar-refractivity contribution is 7.99. The van der Waals surface area contributed by atoms with Crippen molar-refractivity contribution < 1.29 is 14.6 Å². The number of nitrogens with zero attached hydrogens (tertiary/aromatic N) is 3. The van der Waals surface area contributed by atoms with Crippen molar-refractivity contribution >= 4 is 17.7 Å². The zero-order chi connectivity index (χ0) is 45.1. The summed E-state index contributed by atoms with van der Waals surface area (Å²) in [6, 6.07) is 17.5. The molecule has 1 aliphatic heterocycles. The lowest BCUT2D eigenvalue weighted by atomic mass is 9.33. The number of aliphatic carboxylic acids is 1. The van der Waals surface area contributed by atoms with Gasteiger partial charge in [-0.1, -0.05) is 95.3 Å². The second-order valence-electron chi connectivity index (χ2n) is 23.0. The Morgan fingerprint density at radius 2 is 1.73 bits per heavy atom. The van der Waals surface area contributed by atoms with Crippen LogP contribution in [0, 0.1) is 73.9 Å². The molecular formula is C56H76N4O3S. The molecule has 0 radical (unpaired) electrons. The number of fused-ring (bicyclic) bond motifs is 7. The zero-order valence-corrected chi connectivity index (χ0v) is 40.7. The molecule has 1 aromatic carbocycles. The van der Waals surface area contributed by atoms with Crippen molar-refractivity contribution in [3.63, 3.8) is 0 Å². The van der Waals surface area contributed by atoms with Crippen molar-refractivity contribution in [3.8, 4) is 11.9 Å². The van der Waals surface area contributed by atoms with E-state index in [2.05, 4.69) is 105 Å². The van der Waals surface area contributed by atoms with Crippen molar-refractivity contribution in [1.29, 1.82) is 5.26 Å². The molecule has 1 aromatic heterocycles. The van der Waals surface area contributed by atoms with Gasteiger partial charge in [-0.3, -0.25) is 4.79 Å². The molecule has 64 heavy (non-hydrogen) atoms. The van der Waals surface area contributed by atoms with Gasteiger partial charge in [-0.05, 0) is 158 Å². The van der Waals surface area contributed by atoms with Crippen LogP contribution in [0.3, 0.4) is 0 Å². The molecule has 2 heterocycles. The number of allylic oxidation sites excluding steroid dienone is 5. The third kappa shape index (κ3) is 7.54. The largest absolute Gasteiger partial charge is 0.481 e. The first-order valence-corrected chi connectivity index (χ1v) is 26.2. The second-order valence-corrected chi connectivity index (χ2v) is 24.2. The van der Waals surface area contributed by atoms with E-state index in [4.69, 9.17) is 4.74 Å². The van der Waals surface area contributed by atoms with Gasteiger partial charge in [-0.2, -0.15) is 17.0 Å². The maximum absolute atomic E-state index is 13.6. The normalized spacial score (nSPS) is 39.1. The Hall–Kier alpha value is -3.38. The summed E-state index contributed by atoms with van der Waals surface area (Å²) >= 11 is 2.11. The van der Waals surface area contributed by atoms with Crippen LogP contribution in [-0.2, 0) is 11.2 Å². The first-order chi connectivity index (χ1) is 30.6. The first kappa shape index (κ1) is 45.8. The van der Waals surface area contributed by atoms with Crippen molar-refractivity contribution in [3.05, 3.63) is 95.2 Å². The minimum absolute atomic E-state index is 0.00226. The van der Waals surface area contributed by atoms with Gasteiger partial charge in [-0.15, -0.1) is 0 Å². The molecule has 11 atom stereocenters. The van der Waals surface area contributed by atoms with E-state index in [1.807, 2.05) is 18.2 Å². The van der Waals surface area contributed by atoms with Crippen LogP contribution in [0.25, 0.3) is 0 Å². The fourth-order valence-corrected chi connectivity index (χ4v) is 17.5. The van der Waals surface area contributed by atoms with Crippen molar-refractivity contribution in [2.75, 3.05) is 44.3 Å². The number of nitriles is 1. The quantitative estimate of drug-likeness (QED) is 0.203. The summed E-state index contributed by atoms with van der Waals surface area (Å²) in [4.78, 5) is 20.6. The molecule has 7 nitrogen and oxygen atoms in total. The average Bonchev–Trinajstić information content (AvgIpc) is 3.67. The van der Waals surface area contributed by atoms with Gasteiger partial charge < -0.3 is 20.1 Å². The Kier molecular flexibility index (Phi) is 12.4. The Morgan fingerprint density at radius 1 is 0.953 bits per heavy atom.